The summed E-state index contributed by atoms with van der Waals surface area (Å²) in [6, 6.07) is -0.819. The Balaban J connectivity index is 2.08. The summed E-state index contributed by atoms with van der Waals surface area (Å²) >= 11 is 0. The lowest BCUT2D eigenvalue weighted by Crippen LogP contribution is -2.60. The average Bonchev–Trinajstić information content (AvgIpc) is 3.33. The fourth-order valence-corrected chi connectivity index (χ4v) is 8.41. The van der Waals surface area contributed by atoms with Gasteiger partial charge in [0.15, 0.2) is 6.29 Å². The summed E-state index contributed by atoms with van der Waals surface area (Å²) in [4.78, 5) is 25.0. The molecule has 1 aliphatic heterocycles. The molecule has 0 saturated carbocycles. The molecule has 1 fully saturated rings. The van der Waals surface area contributed by atoms with Crippen LogP contribution in [0.5, 0.6) is 0 Å². The van der Waals surface area contributed by atoms with Gasteiger partial charge in [-0.1, -0.05) is 191 Å². The van der Waals surface area contributed by atoms with E-state index in [9.17, 15) is 35.1 Å². The lowest BCUT2D eigenvalue weighted by atomic mass is 9.99. The van der Waals surface area contributed by atoms with Gasteiger partial charge in [0.1, 0.15) is 24.4 Å². The maximum absolute atomic E-state index is 13.0. The summed E-state index contributed by atoms with van der Waals surface area (Å²) in [5.41, 5.74) is 0. The van der Waals surface area contributed by atoms with Gasteiger partial charge in [-0.25, -0.2) is 0 Å². The molecule has 1 amide bonds. The van der Waals surface area contributed by atoms with Crippen LogP contribution in [0.1, 0.15) is 239 Å². The van der Waals surface area contributed by atoms with Crippen LogP contribution in [0.4, 0.5) is 0 Å². The van der Waals surface area contributed by atoms with Crippen molar-refractivity contribution in [3.63, 3.8) is 0 Å². The maximum atomic E-state index is 13.0. The number of hydrogen-bond donors (Lipinski definition) is 6. The van der Waals surface area contributed by atoms with Gasteiger partial charge >= 0.3 is 5.97 Å². The van der Waals surface area contributed by atoms with Crippen LogP contribution in [0.25, 0.3) is 0 Å². The third kappa shape index (κ3) is 36.5. The molecule has 68 heavy (non-hydrogen) atoms. The molecule has 7 unspecified atom stereocenters. The van der Waals surface area contributed by atoms with Crippen molar-refractivity contribution >= 4 is 11.9 Å². The van der Waals surface area contributed by atoms with Crippen LogP contribution in [-0.4, -0.2) is 100 Å². The predicted molar refractivity (Wildman–Crippen MR) is 278 cm³/mol. The molecule has 0 aliphatic carbocycles. The summed E-state index contributed by atoms with van der Waals surface area (Å²) in [7, 11) is 0. The van der Waals surface area contributed by atoms with Gasteiger partial charge in [-0.3, -0.25) is 9.59 Å². The van der Waals surface area contributed by atoms with Crippen LogP contribution in [-0.2, 0) is 23.8 Å². The number of aliphatic hydroxyl groups excluding tert-OH is 5. The fourth-order valence-electron chi connectivity index (χ4n) is 8.41. The molecular weight excluding hydrogens is 859 g/mol. The van der Waals surface area contributed by atoms with Crippen molar-refractivity contribution < 1.29 is 49.3 Å². The van der Waals surface area contributed by atoms with Crippen LogP contribution < -0.4 is 5.32 Å². The normalized spacial score (nSPS) is 19.8. The number of esters is 1. The zero-order valence-corrected chi connectivity index (χ0v) is 43.3. The maximum Gasteiger partial charge on any atom is 0.305 e. The molecule has 0 aromatic rings. The highest BCUT2D eigenvalue weighted by molar-refractivity contribution is 5.76. The van der Waals surface area contributed by atoms with E-state index in [0.29, 0.717) is 19.4 Å². The quantitative estimate of drug-likeness (QED) is 0.0196. The molecule has 0 aromatic heterocycles. The Bertz CT molecular complexity index is 1270. The van der Waals surface area contributed by atoms with Crippen molar-refractivity contribution in [1.29, 1.82) is 0 Å². The number of nitrogens with one attached hydrogen (secondary N) is 1. The van der Waals surface area contributed by atoms with Crippen LogP contribution in [0.2, 0.25) is 0 Å². The molecule has 7 atom stereocenters. The largest absolute Gasteiger partial charge is 0.466 e. The lowest BCUT2D eigenvalue weighted by molar-refractivity contribution is -0.302. The van der Waals surface area contributed by atoms with Crippen LogP contribution in [0, 0.1) is 0 Å². The molecule has 0 aromatic carbocycles. The third-order valence-electron chi connectivity index (χ3n) is 12.9. The first-order chi connectivity index (χ1) is 33.2. The molecule has 6 N–H and O–H groups in total. The van der Waals surface area contributed by atoms with Crippen molar-refractivity contribution in [2.45, 2.75) is 281 Å². The van der Waals surface area contributed by atoms with Gasteiger partial charge < -0.3 is 45.1 Å². The highest BCUT2D eigenvalue weighted by Gasteiger charge is 2.44. The standard InChI is InChI=1S/C57H103NO10/c1-3-5-7-9-11-13-14-21-25-29-33-37-41-45-53(62)66-46-42-38-34-30-26-23-20-18-16-15-17-19-22-24-28-32-36-40-44-52(61)58-49(50(60)43-39-35-31-27-12-10-8-6-4-2)48-67-57-56(65)55(64)54(63)51(47-59)68-57/h7,9,13-14,17,19,39,43,49-51,54-57,59-60,63-65H,3-6,8,10-12,15-16,18,20-38,40-42,44-48H2,1-2H3,(H,58,61)/b9-7-,14-13-,19-17-,43-39+. The molecule has 0 spiro atoms. The fraction of sp³-hybridized carbons (Fsp3) is 0.825. The number of ether oxygens (including phenoxy) is 3. The Kier molecular flexibility index (Phi) is 44.0. The zero-order chi connectivity index (χ0) is 49.6. The number of allylic oxidation sites excluding steroid dienone is 7. The first-order valence-corrected chi connectivity index (χ1v) is 27.9. The number of unbranched alkanes of at least 4 members (excludes halogenated alkanes) is 27. The number of rotatable bonds is 47. The van der Waals surface area contributed by atoms with E-state index in [2.05, 4.69) is 55.6 Å². The van der Waals surface area contributed by atoms with E-state index in [1.807, 2.05) is 6.08 Å². The minimum atomic E-state index is -1.58. The topological polar surface area (TPSA) is 175 Å². The van der Waals surface area contributed by atoms with Crippen molar-refractivity contribution in [3.05, 3.63) is 48.6 Å². The smallest absolute Gasteiger partial charge is 0.305 e. The minimum Gasteiger partial charge on any atom is -0.466 e. The SMILES string of the molecule is CCC/C=C\C/C=C\CCCCCCCC(=O)OCCCCCCCCCCC/C=C\CCCCCCCC(=O)NC(COC1OC(CO)C(O)C(O)C1O)C(O)/C=C/CCCCCCCCC. The summed E-state index contributed by atoms with van der Waals surface area (Å²) in [6.45, 7) is 4.21. The van der Waals surface area contributed by atoms with Gasteiger partial charge in [0, 0.05) is 12.8 Å². The van der Waals surface area contributed by atoms with E-state index in [4.69, 9.17) is 14.2 Å². The van der Waals surface area contributed by atoms with Crippen molar-refractivity contribution in [1.82, 2.24) is 5.32 Å². The average molecular weight is 962 g/mol. The molecule has 396 valence electrons. The Morgan fingerprint density at radius 1 is 0.544 bits per heavy atom. The highest BCUT2D eigenvalue weighted by Crippen LogP contribution is 2.23. The van der Waals surface area contributed by atoms with E-state index in [1.54, 1.807) is 6.08 Å². The van der Waals surface area contributed by atoms with E-state index in [0.717, 1.165) is 103 Å². The summed E-state index contributed by atoms with van der Waals surface area (Å²) < 4.78 is 16.6. The number of aliphatic hydroxyl groups is 5. The molecule has 1 saturated heterocycles. The third-order valence-corrected chi connectivity index (χ3v) is 12.9. The first kappa shape index (κ1) is 63.6. The van der Waals surface area contributed by atoms with E-state index in [1.165, 1.54) is 109 Å². The Morgan fingerprint density at radius 2 is 1.01 bits per heavy atom. The lowest BCUT2D eigenvalue weighted by Gasteiger charge is -2.40. The molecule has 11 nitrogen and oxygen atoms in total. The summed E-state index contributed by atoms with van der Waals surface area (Å²) in [5.74, 6) is -0.229. The molecule has 0 bridgehead atoms. The Labute approximate surface area is 415 Å². The second kappa shape index (κ2) is 47.0. The summed E-state index contributed by atoms with van der Waals surface area (Å²) in [6.07, 6.45) is 47.8. The number of carbonyl (C=O) groups excluding carboxylic acids is 2. The van der Waals surface area contributed by atoms with Crippen LogP contribution >= 0.6 is 0 Å². The molecular formula is C57H103NO10. The van der Waals surface area contributed by atoms with Gasteiger partial charge in [-0.05, 0) is 83.5 Å². The molecule has 11 heteroatoms. The molecule has 1 heterocycles. The van der Waals surface area contributed by atoms with Crippen molar-refractivity contribution in [2.24, 2.45) is 0 Å². The second-order valence-corrected chi connectivity index (χ2v) is 19.3. The van der Waals surface area contributed by atoms with Gasteiger partial charge in [-0.15, -0.1) is 0 Å². The highest BCUT2D eigenvalue weighted by atomic mass is 16.7. The first-order valence-electron chi connectivity index (χ1n) is 27.9. The number of hydrogen-bond acceptors (Lipinski definition) is 10. The van der Waals surface area contributed by atoms with E-state index >= 15 is 0 Å². The molecule has 1 aliphatic rings. The van der Waals surface area contributed by atoms with Crippen molar-refractivity contribution in [2.75, 3.05) is 19.8 Å². The van der Waals surface area contributed by atoms with Crippen LogP contribution in [0.3, 0.4) is 0 Å². The Morgan fingerprint density at radius 3 is 1.56 bits per heavy atom. The Hall–Kier alpha value is -2.38. The number of amides is 1. The minimum absolute atomic E-state index is 0.0291. The van der Waals surface area contributed by atoms with E-state index < -0.39 is 49.5 Å². The number of carbonyl (C=O) groups is 2. The van der Waals surface area contributed by atoms with Gasteiger partial charge in [-0.2, -0.15) is 0 Å². The van der Waals surface area contributed by atoms with Gasteiger partial charge in [0.2, 0.25) is 5.91 Å². The zero-order valence-electron chi connectivity index (χ0n) is 43.3. The molecule has 1 rings (SSSR count). The van der Waals surface area contributed by atoms with Crippen molar-refractivity contribution in [3.8, 4) is 0 Å². The van der Waals surface area contributed by atoms with Gasteiger partial charge in [0.25, 0.3) is 0 Å². The van der Waals surface area contributed by atoms with Crippen LogP contribution in [0.15, 0.2) is 48.6 Å². The summed E-state index contributed by atoms with van der Waals surface area (Å²) in [5, 5.41) is 54.1. The second-order valence-electron chi connectivity index (χ2n) is 19.3. The monoisotopic (exact) mass is 962 g/mol. The molecule has 0 radical (unpaired) electrons. The van der Waals surface area contributed by atoms with Gasteiger partial charge in [0.05, 0.1) is 32.0 Å². The predicted octanol–water partition coefficient (Wildman–Crippen LogP) is 12.1. The van der Waals surface area contributed by atoms with E-state index in [-0.39, 0.29) is 18.5 Å².